The average molecular weight is 402 g/mol. The number of amides is 1. The molecule has 1 amide bonds. The van der Waals surface area contributed by atoms with Crippen LogP contribution >= 0.6 is 0 Å². The fraction of sp³-hybridized carbons (Fsp3) is 0.611. The molecule has 0 heterocycles. The van der Waals surface area contributed by atoms with Crippen LogP contribution in [-0.2, 0) is 36.3 Å². The van der Waals surface area contributed by atoms with Crippen molar-refractivity contribution in [3.05, 3.63) is 35.1 Å². The van der Waals surface area contributed by atoms with Gasteiger partial charge in [-0.3, -0.25) is 4.79 Å². The Hall–Kier alpha value is -1.55. The highest BCUT2D eigenvalue weighted by Gasteiger charge is 2.60. The molecule has 1 aromatic carbocycles. The Morgan fingerprint density at radius 2 is 1.89 bits per heavy atom. The molecule has 0 spiro atoms. The number of halogens is 1. The first-order valence-corrected chi connectivity index (χ1v) is 10.5. The van der Waals surface area contributed by atoms with Gasteiger partial charge in [0.2, 0.25) is 15.9 Å². The lowest BCUT2D eigenvalue weighted by molar-refractivity contribution is -0.274. The second-order valence-electron chi connectivity index (χ2n) is 7.02. The van der Waals surface area contributed by atoms with Gasteiger partial charge >= 0.3 is 0 Å². The lowest BCUT2D eigenvalue weighted by atomic mass is 9.60. The van der Waals surface area contributed by atoms with Crippen LogP contribution < -0.4 is 5.73 Å². The Balaban J connectivity index is 2.31. The van der Waals surface area contributed by atoms with Gasteiger partial charge in [-0.2, -0.15) is 4.31 Å². The molecule has 0 bridgehead atoms. The number of hydrogen-bond acceptors (Lipinski definition) is 5. The minimum absolute atomic E-state index is 0.0670. The number of methoxy groups -OCH3 is 2. The van der Waals surface area contributed by atoms with Crippen LogP contribution in [0, 0.1) is 5.82 Å². The summed E-state index contributed by atoms with van der Waals surface area (Å²) in [4.78, 5) is 12.1. The van der Waals surface area contributed by atoms with E-state index in [1.807, 2.05) is 6.92 Å². The van der Waals surface area contributed by atoms with Crippen LogP contribution in [0.4, 0.5) is 4.39 Å². The molecule has 152 valence electrons. The third-order valence-corrected chi connectivity index (χ3v) is 6.50. The van der Waals surface area contributed by atoms with Gasteiger partial charge in [-0.05, 0) is 18.1 Å². The maximum Gasteiger partial charge on any atom is 0.228 e. The highest BCUT2D eigenvalue weighted by Crippen LogP contribution is 2.52. The summed E-state index contributed by atoms with van der Waals surface area (Å²) in [6.45, 7) is 2.08. The van der Waals surface area contributed by atoms with Gasteiger partial charge in [0.25, 0.3) is 0 Å². The van der Waals surface area contributed by atoms with Crippen LogP contribution in [0.1, 0.15) is 37.3 Å². The molecule has 1 aliphatic carbocycles. The topological polar surface area (TPSA) is 98.9 Å². The number of carbonyl (C=O) groups excluding carboxylic acids is 1. The van der Waals surface area contributed by atoms with Crippen molar-refractivity contribution in [3.63, 3.8) is 0 Å². The number of rotatable bonds is 9. The second-order valence-corrected chi connectivity index (χ2v) is 9.00. The fourth-order valence-electron chi connectivity index (χ4n) is 3.54. The van der Waals surface area contributed by atoms with Gasteiger partial charge in [-0.25, -0.2) is 12.8 Å². The van der Waals surface area contributed by atoms with Gasteiger partial charge in [-0.1, -0.05) is 19.1 Å². The van der Waals surface area contributed by atoms with Crippen molar-refractivity contribution >= 4 is 15.9 Å². The smallest absolute Gasteiger partial charge is 0.228 e. The molecule has 0 unspecified atom stereocenters. The zero-order valence-electron chi connectivity index (χ0n) is 16.1. The lowest BCUT2D eigenvalue weighted by Gasteiger charge is -2.52. The molecule has 0 aliphatic heterocycles. The summed E-state index contributed by atoms with van der Waals surface area (Å²) in [5.41, 5.74) is 5.19. The van der Waals surface area contributed by atoms with Crippen molar-refractivity contribution in [1.82, 2.24) is 4.31 Å². The Bertz CT molecular complexity index is 800. The number of benzene rings is 1. The Labute approximate surface area is 159 Å². The Kier molecular flexibility index (Phi) is 6.30. The van der Waals surface area contributed by atoms with Gasteiger partial charge in [-0.15, -0.1) is 0 Å². The molecule has 1 fully saturated rings. The van der Waals surface area contributed by atoms with E-state index in [-0.39, 0.29) is 24.9 Å². The number of nitrogens with zero attached hydrogens (tertiary/aromatic N) is 1. The zero-order chi connectivity index (χ0) is 20.5. The maximum atomic E-state index is 14.7. The number of primary amides is 1. The summed E-state index contributed by atoms with van der Waals surface area (Å²) in [7, 11) is -0.495. The van der Waals surface area contributed by atoms with Crippen molar-refractivity contribution in [2.75, 3.05) is 27.0 Å². The fourth-order valence-corrected chi connectivity index (χ4v) is 4.42. The van der Waals surface area contributed by atoms with Crippen LogP contribution in [0.3, 0.4) is 0 Å². The third-order valence-electron chi connectivity index (χ3n) is 5.25. The molecule has 7 nitrogen and oxygen atoms in total. The molecule has 1 aromatic rings. The van der Waals surface area contributed by atoms with E-state index >= 15 is 0 Å². The van der Waals surface area contributed by atoms with Crippen LogP contribution in [-0.4, -0.2) is 51.4 Å². The van der Waals surface area contributed by atoms with E-state index in [0.29, 0.717) is 18.5 Å². The summed E-state index contributed by atoms with van der Waals surface area (Å²) in [6, 6.07) is 4.37. The number of ether oxygens (including phenoxy) is 2. The van der Waals surface area contributed by atoms with Crippen molar-refractivity contribution in [2.24, 2.45) is 5.73 Å². The summed E-state index contributed by atoms with van der Waals surface area (Å²) >= 11 is 0. The van der Waals surface area contributed by atoms with Crippen LogP contribution in [0.5, 0.6) is 0 Å². The van der Waals surface area contributed by atoms with Gasteiger partial charge in [0, 0.05) is 45.7 Å². The second kappa shape index (κ2) is 7.83. The first-order valence-electron chi connectivity index (χ1n) is 8.68. The predicted molar refractivity (Wildman–Crippen MR) is 98.8 cm³/mol. The maximum absolute atomic E-state index is 14.7. The van der Waals surface area contributed by atoms with E-state index in [4.69, 9.17) is 15.2 Å². The van der Waals surface area contributed by atoms with E-state index in [1.54, 1.807) is 6.07 Å². The molecule has 9 heteroatoms. The molecule has 0 atom stereocenters. The SMILES string of the molecule is CCCN(Cc1ccc(C2(C(N)=O)CC(OC)(OC)C2)cc1F)S(C)(=O)=O. The monoisotopic (exact) mass is 402 g/mol. The Morgan fingerprint density at radius 1 is 1.30 bits per heavy atom. The minimum Gasteiger partial charge on any atom is -0.369 e. The van der Waals surface area contributed by atoms with Gasteiger partial charge in [0.15, 0.2) is 5.79 Å². The lowest BCUT2D eigenvalue weighted by Crippen LogP contribution is -2.62. The number of hydrogen-bond donors (Lipinski definition) is 1. The third kappa shape index (κ3) is 4.16. The number of nitrogens with two attached hydrogens (primary N) is 1. The number of sulfonamides is 1. The molecular weight excluding hydrogens is 375 g/mol. The highest BCUT2D eigenvalue weighted by atomic mass is 32.2. The van der Waals surface area contributed by atoms with Gasteiger partial charge in [0.1, 0.15) is 5.82 Å². The largest absolute Gasteiger partial charge is 0.369 e. The molecule has 0 aromatic heterocycles. The molecule has 0 saturated heterocycles. The minimum atomic E-state index is -3.45. The van der Waals surface area contributed by atoms with Crippen molar-refractivity contribution in [3.8, 4) is 0 Å². The molecule has 1 saturated carbocycles. The van der Waals surface area contributed by atoms with Gasteiger partial charge in [0.05, 0.1) is 11.7 Å². The molecule has 2 N–H and O–H groups in total. The van der Waals surface area contributed by atoms with Crippen molar-refractivity contribution in [2.45, 2.75) is 43.9 Å². The highest BCUT2D eigenvalue weighted by molar-refractivity contribution is 7.88. The average Bonchev–Trinajstić information content (AvgIpc) is 2.55. The summed E-state index contributed by atoms with van der Waals surface area (Å²) in [5.74, 6) is -2.08. The van der Waals surface area contributed by atoms with Crippen LogP contribution in [0.25, 0.3) is 0 Å². The van der Waals surface area contributed by atoms with E-state index in [1.165, 1.54) is 30.7 Å². The van der Waals surface area contributed by atoms with Crippen LogP contribution in [0.15, 0.2) is 18.2 Å². The molecule has 2 rings (SSSR count). The summed E-state index contributed by atoms with van der Waals surface area (Å²) in [6.07, 6.45) is 2.09. The summed E-state index contributed by atoms with van der Waals surface area (Å²) < 4.78 is 50.3. The van der Waals surface area contributed by atoms with Crippen molar-refractivity contribution < 1.29 is 27.1 Å². The standard InChI is InChI=1S/C18H27FN2O5S/c1-5-8-21(27(4,23)24)10-13-6-7-14(9-15(13)19)17(16(20)22)11-18(12-17,25-2)26-3/h6-7,9H,5,8,10-12H2,1-4H3,(H2,20,22). The summed E-state index contributed by atoms with van der Waals surface area (Å²) in [5, 5.41) is 0. The first-order chi connectivity index (χ1) is 12.5. The van der Waals surface area contributed by atoms with Crippen LogP contribution in [0.2, 0.25) is 0 Å². The molecule has 27 heavy (non-hydrogen) atoms. The van der Waals surface area contributed by atoms with E-state index in [0.717, 1.165) is 6.26 Å². The molecular formula is C18H27FN2O5S. The predicted octanol–water partition coefficient (Wildman–Crippen LogP) is 1.50. The zero-order valence-corrected chi connectivity index (χ0v) is 16.9. The normalized spacial score (nSPS) is 18.3. The molecule has 0 radical (unpaired) electrons. The van der Waals surface area contributed by atoms with Gasteiger partial charge < -0.3 is 15.2 Å². The van der Waals surface area contributed by atoms with E-state index in [9.17, 15) is 17.6 Å². The van der Waals surface area contributed by atoms with Crippen molar-refractivity contribution in [1.29, 1.82) is 0 Å². The van der Waals surface area contributed by atoms with E-state index < -0.39 is 32.9 Å². The number of carbonyl (C=O) groups is 1. The first kappa shape index (κ1) is 21.7. The quantitative estimate of drug-likeness (QED) is 0.631. The van der Waals surface area contributed by atoms with E-state index in [2.05, 4.69) is 0 Å². The Morgan fingerprint density at radius 3 is 2.30 bits per heavy atom. The molecule has 1 aliphatic rings.